The molecule has 144 valence electrons. The molecule has 10 heteroatoms. The van der Waals surface area contributed by atoms with E-state index in [0.717, 1.165) is 25.1 Å². The summed E-state index contributed by atoms with van der Waals surface area (Å²) in [6.45, 7) is -0.122. The van der Waals surface area contributed by atoms with Gasteiger partial charge < -0.3 is 10.5 Å². The molecule has 1 unspecified atom stereocenters. The van der Waals surface area contributed by atoms with E-state index in [1.165, 1.54) is 18.3 Å². The zero-order chi connectivity index (χ0) is 20.5. The van der Waals surface area contributed by atoms with Gasteiger partial charge in [0.25, 0.3) is 6.02 Å². The maximum atomic E-state index is 14.4. The number of nitriles is 1. The Hall–Kier alpha value is -3.48. The molecule has 0 amide bonds. The number of aliphatic imine (C=N–C) groups is 1. The van der Waals surface area contributed by atoms with Gasteiger partial charge in [0.15, 0.2) is 18.0 Å². The van der Waals surface area contributed by atoms with Crippen LogP contribution in [0.4, 0.5) is 17.6 Å². The average molecular weight is 391 g/mol. The molecular formula is C18H13F4N5O. The van der Waals surface area contributed by atoms with Gasteiger partial charge in [-0.05, 0) is 31.2 Å². The van der Waals surface area contributed by atoms with Crippen molar-refractivity contribution in [3.05, 3.63) is 58.9 Å². The van der Waals surface area contributed by atoms with E-state index in [2.05, 4.69) is 19.7 Å². The molecule has 0 fully saturated rings. The fourth-order valence-corrected chi connectivity index (χ4v) is 2.55. The SMILES string of the molecule is CC1(c2nc(C=C(F)c3ccc(C#N)cn3)ccc2F)N=C(N)OCC1(F)F. The normalized spacial score (nSPS) is 21.4. The molecule has 3 heterocycles. The molecule has 2 N–H and O–H groups in total. The molecule has 0 aromatic carbocycles. The predicted octanol–water partition coefficient (Wildman–Crippen LogP) is 3.15. The number of aromatic nitrogens is 2. The van der Waals surface area contributed by atoms with Crippen LogP contribution in [0.5, 0.6) is 0 Å². The number of amidine groups is 1. The Morgan fingerprint density at radius 3 is 2.71 bits per heavy atom. The summed E-state index contributed by atoms with van der Waals surface area (Å²) in [5.74, 6) is -5.49. The van der Waals surface area contributed by atoms with Crippen molar-refractivity contribution in [2.75, 3.05) is 6.61 Å². The fraction of sp³-hybridized carbons (Fsp3) is 0.222. The number of hydrogen-bond acceptors (Lipinski definition) is 6. The van der Waals surface area contributed by atoms with Crippen molar-refractivity contribution in [1.29, 1.82) is 5.26 Å². The van der Waals surface area contributed by atoms with Crippen molar-refractivity contribution in [3.63, 3.8) is 0 Å². The van der Waals surface area contributed by atoms with Gasteiger partial charge in [-0.15, -0.1) is 0 Å². The summed E-state index contributed by atoms with van der Waals surface area (Å²) >= 11 is 0. The van der Waals surface area contributed by atoms with Crippen LogP contribution < -0.4 is 5.73 Å². The number of halogens is 4. The molecule has 0 spiro atoms. The van der Waals surface area contributed by atoms with Crippen LogP contribution >= 0.6 is 0 Å². The van der Waals surface area contributed by atoms with Crippen molar-refractivity contribution < 1.29 is 22.3 Å². The van der Waals surface area contributed by atoms with Crippen LogP contribution in [0.25, 0.3) is 11.9 Å². The van der Waals surface area contributed by atoms with Crippen LogP contribution in [-0.2, 0) is 10.3 Å². The quantitative estimate of drug-likeness (QED) is 0.811. The lowest BCUT2D eigenvalue weighted by Crippen LogP contribution is -2.51. The second kappa shape index (κ2) is 6.92. The molecule has 2 aromatic rings. The van der Waals surface area contributed by atoms with Crippen molar-refractivity contribution in [2.45, 2.75) is 18.4 Å². The van der Waals surface area contributed by atoms with Crippen LogP contribution in [0.15, 0.2) is 35.5 Å². The topological polar surface area (TPSA) is 97.2 Å². The summed E-state index contributed by atoms with van der Waals surface area (Å²) < 4.78 is 62.1. The van der Waals surface area contributed by atoms with Crippen LogP contribution in [0.1, 0.15) is 29.6 Å². The molecule has 0 saturated carbocycles. The summed E-state index contributed by atoms with van der Waals surface area (Å²) in [5, 5.41) is 8.73. The maximum absolute atomic E-state index is 14.4. The van der Waals surface area contributed by atoms with Gasteiger partial charge in [-0.2, -0.15) is 14.0 Å². The highest BCUT2D eigenvalue weighted by Gasteiger charge is 2.57. The lowest BCUT2D eigenvalue weighted by atomic mass is 9.89. The van der Waals surface area contributed by atoms with Crippen LogP contribution in [0.2, 0.25) is 0 Å². The van der Waals surface area contributed by atoms with E-state index in [0.29, 0.717) is 0 Å². The third-order valence-corrected chi connectivity index (χ3v) is 4.19. The number of alkyl halides is 2. The van der Waals surface area contributed by atoms with E-state index in [9.17, 15) is 17.6 Å². The molecule has 28 heavy (non-hydrogen) atoms. The van der Waals surface area contributed by atoms with Crippen LogP contribution in [0, 0.1) is 17.1 Å². The molecule has 0 bridgehead atoms. The highest BCUT2D eigenvalue weighted by atomic mass is 19.3. The van der Waals surface area contributed by atoms with Crippen molar-refractivity contribution in [1.82, 2.24) is 9.97 Å². The highest BCUT2D eigenvalue weighted by molar-refractivity contribution is 5.74. The molecule has 0 saturated heterocycles. The van der Waals surface area contributed by atoms with Crippen LogP contribution in [-0.4, -0.2) is 28.5 Å². The summed E-state index contributed by atoms with van der Waals surface area (Å²) in [5.41, 5.74) is 2.27. The molecule has 0 aliphatic carbocycles. The minimum Gasteiger partial charge on any atom is -0.459 e. The van der Waals surface area contributed by atoms with E-state index in [1.54, 1.807) is 0 Å². The van der Waals surface area contributed by atoms with E-state index in [4.69, 9.17) is 11.0 Å². The highest BCUT2D eigenvalue weighted by Crippen LogP contribution is 2.43. The smallest absolute Gasteiger partial charge is 0.311 e. The third kappa shape index (κ3) is 3.38. The molecule has 6 nitrogen and oxygen atoms in total. The standard InChI is InChI=1S/C18H13F4N5O/c1-17(18(21,22)9-28-16(24)27-17)15-12(19)4-3-11(26-15)6-13(20)14-5-2-10(7-23)8-25-14/h2-6,8H,9H2,1H3,(H2,24,27). The van der Waals surface area contributed by atoms with Gasteiger partial charge in [0.05, 0.1) is 17.0 Å². The van der Waals surface area contributed by atoms with E-state index < -0.39 is 41.4 Å². The summed E-state index contributed by atoms with van der Waals surface area (Å²) in [6.07, 6.45) is 2.08. The Kier molecular flexibility index (Phi) is 4.77. The van der Waals surface area contributed by atoms with Gasteiger partial charge in [-0.3, -0.25) is 4.98 Å². The van der Waals surface area contributed by atoms with Gasteiger partial charge in [-0.1, -0.05) is 0 Å². The summed E-state index contributed by atoms with van der Waals surface area (Å²) in [6, 6.07) is 5.96. The monoisotopic (exact) mass is 391 g/mol. The number of pyridine rings is 2. The zero-order valence-corrected chi connectivity index (χ0v) is 14.5. The zero-order valence-electron chi connectivity index (χ0n) is 14.5. The predicted molar refractivity (Wildman–Crippen MR) is 92.0 cm³/mol. The van der Waals surface area contributed by atoms with Gasteiger partial charge in [0.1, 0.15) is 17.6 Å². The van der Waals surface area contributed by atoms with Gasteiger partial charge in [0, 0.05) is 12.3 Å². The summed E-state index contributed by atoms with van der Waals surface area (Å²) in [7, 11) is 0. The molecule has 3 rings (SSSR count). The van der Waals surface area contributed by atoms with Crippen molar-refractivity contribution in [2.24, 2.45) is 10.7 Å². The largest absolute Gasteiger partial charge is 0.459 e. The third-order valence-electron chi connectivity index (χ3n) is 4.19. The minimum absolute atomic E-state index is 0.100. The molecule has 0 radical (unpaired) electrons. The number of hydrogen-bond donors (Lipinski definition) is 1. The minimum atomic E-state index is -3.60. The number of rotatable bonds is 3. The number of nitrogens with two attached hydrogens (primary N) is 1. The first kappa shape index (κ1) is 19.3. The number of nitrogens with zero attached hydrogens (tertiary/aromatic N) is 4. The van der Waals surface area contributed by atoms with E-state index in [-0.39, 0.29) is 17.0 Å². The lowest BCUT2D eigenvalue weighted by molar-refractivity contribution is -0.118. The van der Waals surface area contributed by atoms with Crippen molar-refractivity contribution in [3.8, 4) is 6.07 Å². The van der Waals surface area contributed by atoms with Gasteiger partial charge in [0.2, 0.25) is 0 Å². The second-order valence-corrected chi connectivity index (χ2v) is 6.12. The van der Waals surface area contributed by atoms with E-state index in [1.807, 2.05) is 6.07 Å². The van der Waals surface area contributed by atoms with Gasteiger partial charge in [-0.25, -0.2) is 18.8 Å². The Bertz CT molecular complexity index is 1010. The first-order valence-electron chi connectivity index (χ1n) is 7.93. The Morgan fingerprint density at radius 1 is 1.32 bits per heavy atom. The summed E-state index contributed by atoms with van der Waals surface area (Å²) in [4.78, 5) is 11.2. The molecule has 2 aromatic heterocycles. The first-order chi connectivity index (χ1) is 13.2. The Morgan fingerprint density at radius 2 is 2.07 bits per heavy atom. The molecule has 1 atom stereocenters. The molecule has 1 aliphatic heterocycles. The Balaban J connectivity index is 2.04. The lowest BCUT2D eigenvalue weighted by Gasteiger charge is -2.36. The average Bonchev–Trinajstić information content (AvgIpc) is 2.66. The van der Waals surface area contributed by atoms with Crippen molar-refractivity contribution >= 4 is 17.9 Å². The van der Waals surface area contributed by atoms with Crippen LogP contribution in [0.3, 0.4) is 0 Å². The van der Waals surface area contributed by atoms with E-state index >= 15 is 0 Å². The Labute approximate surface area is 157 Å². The fourth-order valence-electron chi connectivity index (χ4n) is 2.55. The molecule has 1 aliphatic rings. The molecular weight excluding hydrogens is 378 g/mol. The number of ether oxygens (including phenoxy) is 1. The second-order valence-electron chi connectivity index (χ2n) is 6.12. The van der Waals surface area contributed by atoms with Gasteiger partial charge >= 0.3 is 5.92 Å². The maximum Gasteiger partial charge on any atom is 0.311 e. The first-order valence-corrected chi connectivity index (χ1v) is 7.93.